The molecule has 0 aliphatic carbocycles. The Balaban J connectivity index is 2.31. The lowest BCUT2D eigenvalue weighted by Gasteiger charge is -2.12. The van der Waals surface area contributed by atoms with E-state index in [1.165, 1.54) is 0 Å². The van der Waals surface area contributed by atoms with Gasteiger partial charge in [-0.3, -0.25) is 4.79 Å². The standard InChI is InChI=1S/C16H20N2OS2/c1-4-11(5-2)14(19)18-15-13(17-16(20-3)21-15)12-9-7-6-8-10-12/h6-11H,4-5H2,1-3H3,(H,18,19). The number of amides is 1. The quantitative estimate of drug-likeness (QED) is 0.769. The number of hydrogen-bond acceptors (Lipinski definition) is 4. The summed E-state index contributed by atoms with van der Waals surface area (Å²) in [6.45, 7) is 4.09. The maximum absolute atomic E-state index is 12.3. The van der Waals surface area contributed by atoms with E-state index in [9.17, 15) is 4.79 Å². The van der Waals surface area contributed by atoms with Crippen molar-refractivity contribution in [3.63, 3.8) is 0 Å². The molecule has 21 heavy (non-hydrogen) atoms. The van der Waals surface area contributed by atoms with E-state index in [-0.39, 0.29) is 11.8 Å². The molecule has 0 fully saturated rings. The molecule has 0 saturated heterocycles. The zero-order valence-corrected chi connectivity index (χ0v) is 14.2. The number of thiazole rings is 1. The van der Waals surface area contributed by atoms with Crippen molar-refractivity contribution in [2.75, 3.05) is 11.6 Å². The molecule has 1 amide bonds. The van der Waals surface area contributed by atoms with E-state index in [0.29, 0.717) is 0 Å². The van der Waals surface area contributed by atoms with Gasteiger partial charge in [-0.25, -0.2) is 4.98 Å². The van der Waals surface area contributed by atoms with Crippen LogP contribution in [-0.2, 0) is 4.79 Å². The van der Waals surface area contributed by atoms with Crippen LogP contribution in [0.15, 0.2) is 34.7 Å². The van der Waals surface area contributed by atoms with Gasteiger partial charge in [0.15, 0.2) is 4.34 Å². The van der Waals surface area contributed by atoms with E-state index in [4.69, 9.17) is 0 Å². The van der Waals surface area contributed by atoms with Gasteiger partial charge in [0.25, 0.3) is 0 Å². The monoisotopic (exact) mass is 320 g/mol. The molecular weight excluding hydrogens is 300 g/mol. The average Bonchev–Trinajstić information content (AvgIpc) is 2.92. The largest absolute Gasteiger partial charge is 0.316 e. The molecule has 2 rings (SSSR count). The summed E-state index contributed by atoms with van der Waals surface area (Å²) in [5.41, 5.74) is 1.90. The normalized spacial score (nSPS) is 10.9. The van der Waals surface area contributed by atoms with Crippen molar-refractivity contribution in [2.24, 2.45) is 5.92 Å². The number of hydrogen-bond donors (Lipinski definition) is 1. The van der Waals surface area contributed by atoms with Crippen molar-refractivity contribution in [3.8, 4) is 11.3 Å². The molecule has 3 nitrogen and oxygen atoms in total. The number of nitrogens with zero attached hydrogens (tertiary/aromatic N) is 1. The second-order valence-corrected chi connectivity index (χ2v) is 6.78. The summed E-state index contributed by atoms with van der Waals surface area (Å²) in [4.78, 5) is 16.9. The van der Waals surface area contributed by atoms with Crippen LogP contribution in [0.4, 0.5) is 5.00 Å². The first kappa shape index (κ1) is 16.0. The van der Waals surface area contributed by atoms with Crippen LogP contribution in [-0.4, -0.2) is 17.1 Å². The highest BCUT2D eigenvalue weighted by atomic mass is 32.2. The van der Waals surface area contributed by atoms with E-state index in [0.717, 1.165) is 33.4 Å². The summed E-state index contributed by atoms with van der Waals surface area (Å²) in [5.74, 6) is 0.155. The smallest absolute Gasteiger partial charge is 0.228 e. The maximum atomic E-state index is 12.3. The minimum absolute atomic E-state index is 0.0634. The van der Waals surface area contributed by atoms with Crippen molar-refractivity contribution < 1.29 is 4.79 Å². The number of rotatable bonds is 6. The Kier molecular flexibility index (Phi) is 5.82. The third kappa shape index (κ3) is 3.86. The number of anilines is 1. The van der Waals surface area contributed by atoms with Gasteiger partial charge in [-0.2, -0.15) is 0 Å². The molecule has 1 aromatic carbocycles. The topological polar surface area (TPSA) is 42.0 Å². The van der Waals surface area contributed by atoms with Gasteiger partial charge >= 0.3 is 0 Å². The second-order valence-electron chi connectivity index (χ2n) is 4.73. The van der Waals surface area contributed by atoms with Gasteiger partial charge in [-0.1, -0.05) is 67.3 Å². The molecular formula is C16H20N2OS2. The van der Waals surface area contributed by atoms with Crippen LogP contribution < -0.4 is 5.32 Å². The van der Waals surface area contributed by atoms with Crippen LogP contribution in [0.5, 0.6) is 0 Å². The summed E-state index contributed by atoms with van der Waals surface area (Å²) >= 11 is 3.14. The van der Waals surface area contributed by atoms with Crippen molar-refractivity contribution >= 4 is 34.0 Å². The first-order chi connectivity index (χ1) is 10.2. The predicted molar refractivity (Wildman–Crippen MR) is 92.0 cm³/mol. The molecule has 1 aromatic heterocycles. The van der Waals surface area contributed by atoms with Crippen LogP contribution >= 0.6 is 23.1 Å². The summed E-state index contributed by atoms with van der Waals surface area (Å²) in [6, 6.07) is 9.99. The lowest BCUT2D eigenvalue weighted by atomic mass is 10.0. The number of carbonyl (C=O) groups is 1. The first-order valence-corrected chi connectivity index (χ1v) is 9.14. The fourth-order valence-corrected chi connectivity index (χ4v) is 3.63. The van der Waals surface area contributed by atoms with Crippen LogP contribution in [0.2, 0.25) is 0 Å². The number of benzene rings is 1. The molecule has 112 valence electrons. The Morgan fingerprint density at radius 3 is 2.52 bits per heavy atom. The highest BCUT2D eigenvalue weighted by Crippen LogP contribution is 2.37. The first-order valence-electron chi connectivity index (χ1n) is 7.10. The van der Waals surface area contributed by atoms with Crippen molar-refractivity contribution in [1.29, 1.82) is 0 Å². The SMILES string of the molecule is CCC(CC)C(=O)Nc1sc(SC)nc1-c1ccccc1. The minimum atomic E-state index is 0.0634. The van der Waals surface area contributed by atoms with Gasteiger partial charge in [0.2, 0.25) is 5.91 Å². The molecule has 2 aromatic rings. The molecule has 0 atom stereocenters. The Morgan fingerprint density at radius 2 is 1.95 bits per heavy atom. The fourth-order valence-electron chi connectivity index (χ4n) is 2.14. The minimum Gasteiger partial charge on any atom is -0.316 e. The Bertz CT molecular complexity index is 592. The number of carbonyl (C=O) groups excluding carboxylic acids is 1. The number of thioether (sulfide) groups is 1. The summed E-state index contributed by atoms with van der Waals surface area (Å²) in [7, 11) is 0. The van der Waals surface area contributed by atoms with Crippen LogP contribution in [0.25, 0.3) is 11.3 Å². The van der Waals surface area contributed by atoms with Crippen molar-refractivity contribution in [3.05, 3.63) is 30.3 Å². The molecule has 1 N–H and O–H groups in total. The second kappa shape index (κ2) is 7.61. The lowest BCUT2D eigenvalue weighted by Crippen LogP contribution is -2.21. The van der Waals surface area contributed by atoms with Crippen LogP contribution in [0.3, 0.4) is 0 Å². The van der Waals surface area contributed by atoms with Crippen LogP contribution in [0, 0.1) is 5.92 Å². The molecule has 0 saturated carbocycles. The molecule has 0 radical (unpaired) electrons. The Labute approximate surface area is 134 Å². The zero-order valence-electron chi connectivity index (χ0n) is 12.6. The fraction of sp³-hybridized carbons (Fsp3) is 0.375. The summed E-state index contributed by atoms with van der Waals surface area (Å²) in [6.07, 6.45) is 3.72. The molecule has 0 aliphatic rings. The lowest BCUT2D eigenvalue weighted by molar-refractivity contribution is -0.120. The van der Waals surface area contributed by atoms with Crippen molar-refractivity contribution in [2.45, 2.75) is 31.0 Å². The molecule has 0 bridgehead atoms. The average molecular weight is 320 g/mol. The van der Waals surface area contributed by atoms with Gasteiger partial charge in [0.1, 0.15) is 10.7 Å². The number of nitrogens with one attached hydrogen (secondary N) is 1. The molecule has 0 unspecified atom stereocenters. The van der Waals surface area contributed by atoms with E-state index in [2.05, 4.69) is 10.3 Å². The maximum Gasteiger partial charge on any atom is 0.228 e. The van der Waals surface area contributed by atoms with Crippen LogP contribution in [0.1, 0.15) is 26.7 Å². The van der Waals surface area contributed by atoms with Gasteiger partial charge in [0, 0.05) is 11.5 Å². The summed E-state index contributed by atoms with van der Waals surface area (Å²) in [5, 5.41) is 3.92. The Morgan fingerprint density at radius 1 is 1.29 bits per heavy atom. The highest BCUT2D eigenvalue weighted by Gasteiger charge is 2.19. The van der Waals surface area contributed by atoms with Gasteiger partial charge in [-0.05, 0) is 19.1 Å². The molecule has 0 aliphatic heterocycles. The van der Waals surface area contributed by atoms with Gasteiger partial charge < -0.3 is 5.32 Å². The van der Waals surface area contributed by atoms with E-state index in [1.807, 2.05) is 50.4 Å². The van der Waals surface area contributed by atoms with Gasteiger partial charge in [0.05, 0.1) is 0 Å². The summed E-state index contributed by atoms with van der Waals surface area (Å²) < 4.78 is 0.966. The Hall–Kier alpha value is -1.33. The van der Waals surface area contributed by atoms with E-state index < -0.39 is 0 Å². The zero-order chi connectivity index (χ0) is 15.2. The van der Waals surface area contributed by atoms with Gasteiger partial charge in [-0.15, -0.1) is 0 Å². The van der Waals surface area contributed by atoms with E-state index in [1.54, 1.807) is 23.1 Å². The third-order valence-corrected chi connectivity index (χ3v) is 5.38. The van der Waals surface area contributed by atoms with Crippen molar-refractivity contribution in [1.82, 2.24) is 4.98 Å². The number of aromatic nitrogens is 1. The molecule has 1 heterocycles. The van der Waals surface area contributed by atoms with E-state index >= 15 is 0 Å². The predicted octanol–water partition coefficient (Wildman–Crippen LogP) is 4.91. The third-order valence-electron chi connectivity index (χ3n) is 3.42. The molecule has 0 spiro atoms. The molecule has 5 heteroatoms. The highest BCUT2D eigenvalue weighted by molar-refractivity contribution is 8.00.